The van der Waals surface area contributed by atoms with E-state index in [0.717, 1.165) is 22.2 Å². The van der Waals surface area contributed by atoms with Crippen molar-refractivity contribution in [2.45, 2.75) is 13.0 Å². The molecule has 5 rings (SSSR count). The van der Waals surface area contributed by atoms with E-state index in [1.165, 1.54) is 11.3 Å². The summed E-state index contributed by atoms with van der Waals surface area (Å²) in [6.45, 7) is 0.625. The zero-order valence-corrected chi connectivity index (χ0v) is 16.7. The summed E-state index contributed by atoms with van der Waals surface area (Å²) in [6.07, 6.45) is 2.35. The number of carbonyl (C=O) groups excluding carboxylic acids is 2. The molecule has 2 N–H and O–H groups in total. The Labute approximate surface area is 176 Å². The van der Waals surface area contributed by atoms with Crippen LogP contribution < -0.4 is 15.4 Å². The van der Waals surface area contributed by atoms with Crippen molar-refractivity contribution in [3.63, 3.8) is 0 Å². The molecule has 2 amide bonds. The average Bonchev–Trinajstić information content (AvgIpc) is 3.39. The van der Waals surface area contributed by atoms with E-state index < -0.39 is 0 Å². The number of ether oxygens (including phenoxy) is 1. The Balaban J connectivity index is 1.24. The van der Waals surface area contributed by atoms with E-state index in [0.29, 0.717) is 29.5 Å². The van der Waals surface area contributed by atoms with E-state index in [1.807, 2.05) is 54.0 Å². The van der Waals surface area contributed by atoms with Gasteiger partial charge in [0.2, 0.25) is 5.91 Å². The van der Waals surface area contributed by atoms with Crippen molar-refractivity contribution in [1.29, 1.82) is 0 Å². The van der Waals surface area contributed by atoms with E-state index in [4.69, 9.17) is 4.74 Å². The highest BCUT2D eigenvalue weighted by Crippen LogP contribution is 2.33. The van der Waals surface area contributed by atoms with Crippen LogP contribution in [-0.2, 0) is 16.1 Å². The zero-order chi connectivity index (χ0) is 20.5. The van der Waals surface area contributed by atoms with Gasteiger partial charge in [-0.1, -0.05) is 18.2 Å². The highest BCUT2D eigenvalue weighted by Gasteiger charge is 2.17. The molecule has 1 aliphatic heterocycles. The minimum atomic E-state index is -0.179. The molecule has 4 aromatic rings. The number of nitrogens with zero attached hydrogens (tertiary/aromatic N) is 2. The van der Waals surface area contributed by atoms with Gasteiger partial charge in [-0.2, -0.15) is 0 Å². The van der Waals surface area contributed by atoms with E-state index in [1.54, 1.807) is 0 Å². The summed E-state index contributed by atoms with van der Waals surface area (Å²) >= 11 is 1.37. The minimum absolute atomic E-state index is 0.0258. The fraction of sp³-hybridized carbons (Fsp3) is 0.136. The second-order valence-electron chi connectivity index (χ2n) is 6.95. The third-order valence-corrected chi connectivity index (χ3v) is 5.68. The van der Waals surface area contributed by atoms with E-state index in [9.17, 15) is 9.59 Å². The lowest BCUT2D eigenvalue weighted by Gasteiger charge is -2.18. The van der Waals surface area contributed by atoms with Crippen LogP contribution in [0.5, 0.6) is 5.75 Å². The first-order valence-corrected chi connectivity index (χ1v) is 10.4. The van der Waals surface area contributed by atoms with Gasteiger partial charge in [-0.25, -0.2) is 4.98 Å². The number of anilines is 2. The third-order valence-electron chi connectivity index (χ3n) is 4.92. The summed E-state index contributed by atoms with van der Waals surface area (Å²) in [7, 11) is 0. The third kappa shape index (κ3) is 3.65. The fourth-order valence-electron chi connectivity index (χ4n) is 3.45. The number of rotatable bonds is 5. The fourth-order valence-corrected chi connectivity index (χ4v) is 4.18. The topological polar surface area (TPSA) is 85.3 Å². The van der Waals surface area contributed by atoms with Crippen LogP contribution in [0.1, 0.15) is 6.42 Å². The molecule has 0 aliphatic carbocycles. The number of hydrogen-bond acceptors (Lipinski definition) is 5. The smallest absolute Gasteiger partial charge is 0.262 e. The lowest BCUT2D eigenvalue weighted by Crippen LogP contribution is -2.25. The van der Waals surface area contributed by atoms with Crippen molar-refractivity contribution < 1.29 is 14.3 Å². The van der Waals surface area contributed by atoms with Gasteiger partial charge in [0.1, 0.15) is 5.75 Å². The number of benzene rings is 2. The summed E-state index contributed by atoms with van der Waals surface area (Å²) in [5, 5.41) is 9.25. The first-order chi connectivity index (χ1) is 14.7. The molecule has 0 unspecified atom stereocenters. The van der Waals surface area contributed by atoms with Crippen molar-refractivity contribution in [3.05, 3.63) is 60.1 Å². The van der Waals surface area contributed by atoms with Crippen LogP contribution in [-0.4, -0.2) is 28.0 Å². The molecule has 0 spiro atoms. The lowest BCUT2D eigenvalue weighted by molar-refractivity contribution is -0.118. The van der Waals surface area contributed by atoms with Crippen molar-refractivity contribution in [1.82, 2.24) is 9.55 Å². The molecule has 0 saturated carbocycles. The largest absolute Gasteiger partial charge is 0.482 e. The van der Waals surface area contributed by atoms with Gasteiger partial charge in [0, 0.05) is 35.6 Å². The van der Waals surface area contributed by atoms with Gasteiger partial charge in [-0.15, -0.1) is 11.3 Å². The molecule has 30 heavy (non-hydrogen) atoms. The molecule has 0 fully saturated rings. The van der Waals surface area contributed by atoms with E-state index in [-0.39, 0.29) is 18.4 Å². The summed E-state index contributed by atoms with van der Waals surface area (Å²) in [5.41, 5.74) is 3.32. The molecule has 2 aromatic carbocycles. The normalized spacial score (nSPS) is 12.9. The van der Waals surface area contributed by atoms with E-state index >= 15 is 0 Å². The van der Waals surface area contributed by atoms with Crippen LogP contribution >= 0.6 is 11.3 Å². The maximum Gasteiger partial charge on any atom is 0.262 e. The minimum Gasteiger partial charge on any atom is -0.482 e. The molecule has 8 heteroatoms. The lowest BCUT2D eigenvalue weighted by atomic mass is 10.1. The SMILES string of the molecule is O=C(CCn1ccc2ccccc21)Nc1nc(-c2ccc3c(c2)NC(=O)CO3)cs1. The number of aryl methyl sites for hydroxylation is 1. The molecular formula is C22H18N4O3S. The van der Waals surface area contributed by atoms with Crippen LogP contribution in [0, 0.1) is 0 Å². The number of nitrogens with one attached hydrogen (secondary N) is 2. The van der Waals surface area contributed by atoms with Crippen LogP contribution in [0.15, 0.2) is 60.1 Å². The second-order valence-corrected chi connectivity index (χ2v) is 7.81. The van der Waals surface area contributed by atoms with Crippen LogP contribution in [0.25, 0.3) is 22.2 Å². The molecule has 150 valence electrons. The molecule has 3 heterocycles. The molecule has 0 bridgehead atoms. The number of fused-ring (bicyclic) bond motifs is 2. The summed E-state index contributed by atoms with van der Waals surface area (Å²) in [5.74, 6) is 0.376. The summed E-state index contributed by atoms with van der Waals surface area (Å²) in [4.78, 5) is 28.4. The molecule has 7 nitrogen and oxygen atoms in total. The number of thiazole rings is 1. The average molecular weight is 418 g/mol. The maximum absolute atomic E-state index is 12.4. The van der Waals surface area contributed by atoms with Crippen molar-refractivity contribution in [2.75, 3.05) is 17.2 Å². The number of para-hydroxylation sites is 1. The van der Waals surface area contributed by atoms with E-state index in [2.05, 4.69) is 26.3 Å². The Morgan fingerprint density at radius 1 is 1.23 bits per heavy atom. The van der Waals surface area contributed by atoms with Crippen LogP contribution in [0.2, 0.25) is 0 Å². The molecule has 1 aliphatic rings. The summed E-state index contributed by atoms with van der Waals surface area (Å²) in [6, 6.07) is 15.7. The predicted octanol–water partition coefficient (Wildman–Crippen LogP) is 4.12. The van der Waals surface area contributed by atoms with Gasteiger partial charge in [-0.05, 0) is 35.7 Å². The van der Waals surface area contributed by atoms with Crippen molar-refractivity contribution in [2.24, 2.45) is 0 Å². The molecule has 0 saturated heterocycles. The van der Waals surface area contributed by atoms with Crippen molar-refractivity contribution >= 4 is 44.9 Å². The van der Waals surface area contributed by atoms with Gasteiger partial charge >= 0.3 is 0 Å². The van der Waals surface area contributed by atoms with Gasteiger partial charge in [0.25, 0.3) is 5.91 Å². The predicted molar refractivity (Wildman–Crippen MR) is 117 cm³/mol. The quantitative estimate of drug-likeness (QED) is 0.510. The Bertz CT molecular complexity index is 1260. The van der Waals surface area contributed by atoms with Crippen LogP contribution in [0.3, 0.4) is 0 Å². The standard InChI is InChI=1S/C22H18N4O3S/c27-20(8-10-26-9-7-14-3-1-2-4-18(14)26)25-22-24-17(13-30-22)15-5-6-19-16(11-15)23-21(28)12-29-19/h1-7,9,11,13H,8,10,12H2,(H,23,28)(H,24,25,27). The highest BCUT2D eigenvalue weighted by atomic mass is 32.1. The van der Waals surface area contributed by atoms with Gasteiger partial charge < -0.3 is 19.9 Å². The molecule has 0 radical (unpaired) electrons. The van der Waals surface area contributed by atoms with Crippen molar-refractivity contribution in [3.8, 4) is 17.0 Å². The highest BCUT2D eigenvalue weighted by molar-refractivity contribution is 7.14. The maximum atomic E-state index is 12.4. The monoisotopic (exact) mass is 418 g/mol. The number of aromatic nitrogens is 2. The Morgan fingerprint density at radius 3 is 3.07 bits per heavy atom. The summed E-state index contributed by atoms with van der Waals surface area (Å²) < 4.78 is 7.45. The molecular weight excluding hydrogens is 400 g/mol. The van der Waals surface area contributed by atoms with Crippen LogP contribution in [0.4, 0.5) is 10.8 Å². The number of hydrogen-bond donors (Lipinski definition) is 2. The number of amides is 2. The molecule has 2 aromatic heterocycles. The Hall–Kier alpha value is -3.65. The number of carbonyl (C=O) groups is 2. The zero-order valence-electron chi connectivity index (χ0n) is 15.9. The Morgan fingerprint density at radius 2 is 2.13 bits per heavy atom. The van der Waals surface area contributed by atoms with Gasteiger partial charge in [-0.3, -0.25) is 9.59 Å². The van der Waals surface area contributed by atoms with Gasteiger partial charge in [0.05, 0.1) is 11.4 Å². The first kappa shape index (κ1) is 18.4. The first-order valence-electron chi connectivity index (χ1n) is 9.52. The Kier molecular flexibility index (Phi) is 4.68. The van der Waals surface area contributed by atoms with Gasteiger partial charge in [0.15, 0.2) is 11.7 Å². The molecule has 0 atom stereocenters. The second kappa shape index (κ2) is 7.64.